The van der Waals surface area contributed by atoms with Gasteiger partial charge in [-0.25, -0.2) is 0 Å². The van der Waals surface area contributed by atoms with Crippen LogP contribution in [-0.4, -0.2) is 9.67 Å². The lowest BCUT2D eigenvalue weighted by Crippen LogP contribution is -1.95. The molecule has 92 valence electrons. The van der Waals surface area contributed by atoms with Crippen molar-refractivity contribution < 1.29 is 5.11 Å². The Morgan fingerprint density at radius 2 is 1.94 bits per heavy atom. The van der Waals surface area contributed by atoms with Crippen LogP contribution < -0.4 is 0 Å². The first-order valence-electron chi connectivity index (χ1n) is 6.37. The molecule has 3 aromatic rings. The predicted octanol–water partition coefficient (Wildman–Crippen LogP) is 3.62. The highest BCUT2D eigenvalue weighted by Crippen LogP contribution is 2.31. The number of aliphatic hydroxyl groups is 1. The normalized spacial score (nSPS) is 11.5. The van der Waals surface area contributed by atoms with Gasteiger partial charge >= 0.3 is 0 Å². The van der Waals surface area contributed by atoms with Crippen molar-refractivity contribution in [3.63, 3.8) is 0 Å². The van der Waals surface area contributed by atoms with Gasteiger partial charge < -0.3 is 9.67 Å². The van der Waals surface area contributed by atoms with E-state index in [1.165, 1.54) is 27.4 Å². The van der Waals surface area contributed by atoms with Gasteiger partial charge in [-0.15, -0.1) is 0 Å². The molecule has 1 aromatic heterocycles. The summed E-state index contributed by atoms with van der Waals surface area (Å²) in [6.45, 7) is 5.36. The second kappa shape index (κ2) is 4.14. The van der Waals surface area contributed by atoms with Crippen LogP contribution in [-0.2, 0) is 13.2 Å². The smallest absolute Gasteiger partial charge is 0.0682 e. The number of rotatable bonds is 2. The zero-order valence-corrected chi connectivity index (χ0v) is 10.8. The molecule has 0 amide bonds. The molecule has 0 unspecified atom stereocenters. The van der Waals surface area contributed by atoms with E-state index < -0.39 is 0 Å². The highest BCUT2D eigenvalue weighted by molar-refractivity contribution is 6.09. The molecule has 0 fully saturated rings. The third-order valence-corrected chi connectivity index (χ3v) is 3.65. The van der Waals surface area contributed by atoms with Gasteiger partial charge in [0.15, 0.2) is 0 Å². The minimum atomic E-state index is 0.0974. The average molecular weight is 239 g/mol. The van der Waals surface area contributed by atoms with Gasteiger partial charge in [-0.05, 0) is 31.0 Å². The van der Waals surface area contributed by atoms with E-state index in [9.17, 15) is 5.11 Å². The number of hydrogen-bond acceptors (Lipinski definition) is 1. The summed E-state index contributed by atoms with van der Waals surface area (Å²) >= 11 is 0. The van der Waals surface area contributed by atoms with Gasteiger partial charge in [-0.2, -0.15) is 0 Å². The lowest BCUT2D eigenvalue weighted by molar-refractivity contribution is 0.282. The summed E-state index contributed by atoms with van der Waals surface area (Å²) in [7, 11) is 0. The molecule has 18 heavy (non-hydrogen) atoms. The summed E-state index contributed by atoms with van der Waals surface area (Å²) in [6.07, 6.45) is 0. The second-order valence-corrected chi connectivity index (χ2v) is 4.72. The van der Waals surface area contributed by atoms with Crippen LogP contribution in [0.1, 0.15) is 18.1 Å². The van der Waals surface area contributed by atoms with Crippen LogP contribution in [0.2, 0.25) is 0 Å². The maximum atomic E-state index is 9.28. The van der Waals surface area contributed by atoms with E-state index in [1.54, 1.807) is 0 Å². The molecular weight excluding hydrogens is 222 g/mol. The highest BCUT2D eigenvalue weighted by Gasteiger charge is 2.11. The van der Waals surface area contributed by atoms with E-state index in [0.717, 1.165) is 12.1 Å². The van der Waals surface area contributed by atoms with Crippen molar-refractivity contribution >= 4 is 21.8 Å². The first-order chi connectivity index (χ1) is 8.76. The molecule has 3 rings (SSSR count). The van der Waals surface area contributed by atoms with E-state index >= 15 is 0 Å². The molecule has 1 N–H and O–H groups in total. The van der Waals surface area contributed by atoms with Crippen LogP contribution >= 0.6 is 0 Å². The molecule has 0 saturated carbocycles. The number of aryl methyl sites for hydroxylation is 2. The van der Waals surface area contributed by atoms with E-state index in [0.29, 0.717) is 0 Å². The lowest BCUT2D eigenvalue weighted by Gasteiger charge is -2.05. The standard InChI is InChI=1S/C16H17NO/c1-3-17-15-9-12(10-18)7-8-13(15)14-6-4-5-11(2)16(14)17/h4-9,18H,3,10H2,1-2H3. The zero-order valence-electron chi connectivity index (χ0n) is 10.8. The Morgan fingerprint density at radius 1 is 1.11 bits per heavy atom. The molecule has 0 spiro atoms. The largest absolute Gasteiger partial charge is 0.392 e. The predicted molar refractivity (Wildman–Crippen MR) is 75.8 cm³/mol. The Bertz CT molecular complexity index is 725. The number of hydrogen-bond donors (Lipinski definition) is 1. The van der Waals surface area contributed by atoms with Crippen molar-refractivity contribution in [2.45, 2.75) is 27.0 Å². The Kier molecular flexibility index (Phi) is 2.60. The van der Waals surface area contributed by atoms with Crippen molar-refractivity contribution in [1.82, 2.24) is 4.57 Å². The van der Waals surface area contributed by atoms with Gasteiger partial charge in [0.1, 0.15) is 0 Å². The maximum Gasteiger partial charge on any atom is 0.0682 e. The van der Waals surface area contributed by atoms with Gasteiger partial charge in [0, 0.05) is 22.8 Å². The molecule has 1 heterocycles. The summed E-state index contributed by atoms with van der Waals surface area (Å²) < 4.78 is 2.33. The van der Waals surface area contributed by atoms with Crippen LogP contribution in [0.3, 0.4) is 0 Å². The van der Waals surface area contributed by atoms with Crippen LogP contribution in [0.5, 0.6) is 0 Å². The molecular formula is C16H17NO. The van der Waals surface area contributed by atoms with Gasteiger partial charge in [0.05, 0.1) is 12.1 Å². The number of aromatic nitrogens is 1. The van der Waals surface area contributed by atoms with Crippen molar-refractivity contribution in [2.24, 2.45) is 0 Å². The first-order valence-corrected chi connectivity index (χ1v) is 6.37. The van der Waals surface area contributed by atoms with Crippen LogP contribution in [0.25, 0.3) is 21.8 Å². The first kappa shape index (κ1) is 11.3. The number of aliphatic hydroxyl groups excluding tert-OH is 1. The fraction of sp³-hybridized carbons (Fsp3) is 0.250. The Balaban J connectivity index is 2.53. The molecule has 2 heteroatoms. The lowest BCUT2D eigenvalue weighted by atomic mass is 10.1. The van der Waals surface area contributed by atoms with Crippen LogP contribution in [0, 0.1) is 6.92 Å². The minimum Gasteiger partial charge on any atom is -0.392 e. The van der Waals surface area contributed by atoms with Gasteiger partial charge in [-0.3, -0.25) is 0 Å². The molecule has 2 aromatic carbocycles. The molecule has 0 aliphatic carbocycles. The van der Waals surface area contributed by atoms with E-state index in [4.69, 9.17) is 0 Å². The second-order valence-electron chi connectivity index (χ2n) is 4.72. The fourth-order valence-electron chi connectivity index (χ4n) is 2.81. The molecule has 0 atom stereocenters. The summed E-state index contributed by atoms with van der Waals surface area (Å²) in [5.74, 6) is 0. The Hall–Kier alpha value is -1.80. The van der Waals surface area contributed by atoms with Crippen LogP contribution in [0.4, 0.5) is 0 Å². The summed E-state index contributed by atoms with van der Waals surface area (Å²) in [4.78, 5) is 0. The van der Waals surface area contributed by atoms with Gasteiger partial charge in [0.25, 0.3) is 0 Å². The SMILES string of the molecule is CCn1c2cc(CO)ccc2c2cccc(C)c21. The Labute approximate surface area is 106 Å². The van der Waals surface area contributed by atoms with Gasteiger partial charge in [-0.1, -0.05) is 30.3 Å². The molecule has 0 radical (unpaired) electrons. The van der Waals surface area contributed by atoms with Crippen molar-refractivity contribution in [2.75, 3.05) is 0 Å². The molecule has 0 saturated heterocycles. The third kappa shape index (κ3) is 1.46. The van der Waals surface area contributed by atoms with Crippen molar-refractivity contribution in [3.05, 3.63) is 47.5 Å². The van der Waals surface area contributed by atoms with Crippen molar-refractivity contribution in [3.8, 4) is 0 Å². The summed E-state index contributed by atoms with van der Waals surface area (Å²) in [6, 6.07) is 12.7. The van der Waals surface area contributed by atoms with E-state index in [-0.39, 0.29) is 6.61 Å². The topological polar surface area (TPSA) is 25.2 Å². The minimum absolute atomic E-state index is 0.0974. The maximum absolute atomic E-state index is 9.28. The number of para-hydroxylation sites is 1. The summed E-state index contributed by atoms with van der Waals surface area (Å²) in [5, 5.41) is 11.9. The fourth-order valence-corrected chi connectivity index (χ4v) is 2.81. The molecule has 0 aliphatic rings. The third-order valence-electron chi connectivity index (χ3n) is 3.65. The number of nitrogens with zero attached hydrogens (tertiary/aromatic N) is 1. The quantitative estimate of drug-likeness (QED) is 0.726. The molecule has 0 bridgehead atoms. The van der Waals surface area contributed by atoms with Crippen molar-refractivity contribution in [1.29, 1.82) is 0 Å². The highest BCUT2D eigenvalue weighted by atomic mass is 16.3. The monoisotopic (exact) mass is 239 g/mol. The number of fused-ring (bicyclic) bond motifs is 3. The van der Waals surface area contributed by atoms with E-state index in [2.05, 4.69) is 48.7 Å². The number of benzene rings is 2. The Morgan fingerprint density at radius 3 is 2.67 bits per heavy atom. The summed E-state index contributed by atoms with van der Waals surface area (Å²) in [5.41, 5.74) is 4.80. The molecule has 0 aliphatic heterocycles. The zero-order chi connectivity index (χ0) is 12.7. The van der Waals surface area contributed by atoms with Crippen LogP contribution in [0.15, 0.2) is 36.4 Å². The van der Waals surface area contributed by atoms with E-state index in [1.807, 2.05) is 6.07 Å². The van der Waals surface area contributed by atoms with Gasteiger partial charge in [0.2, 0.25) is 0 Å². The molecule has 2 nitrogen and oxygen atoms in total. The average Bonchev–Trinajstić information content (AvgIpc) is 2.73.